The third kappa shape index (κ3) is 2.72. The van der Waals surface area contributed by atoms with Crippen LogP contribution in [0.25, 0.3) is 0 Å². The minimum atomic E-state index is 0.380. The zero-order valence-electron chi connectivity index (χ0n) is 9.90. The lowest BCUT2D eigenvalue weighted by Crippen LogP contribution is -2.40. The van der Waals surface area contributed by atoms with Crippen molar-refractivity contribution in [3.05, 3.63) is 23.9 Å². The van der Waals surface area contributed by atoms with Gasteiger partial charge in [-0.1, -0.05) is 18.6 Å². The maximum atomic E-state index is 5.68. The molecule has 3 N–H and O–H groups in total. The number of thioether (sulfide) groups is 1. The van der Waals surface area contributed by atoms with Gasteiger partial charge in [0.2, 0.25) is 0 Å². The molecule has 0 atom stereocenters. The van der Waals surface area contributed by atoms with E-state index in [4.69, 9.17) is 18.0 Å². The molecule has 1 aliphatic rings. The number of anilines is 1. The predicted octanol–water partition coefficient (Wildman–Crippen LogP) is 2.41. The second kappa shape index (κ2) is 5.23. The Hall–Kier alpha value is -0.810. The molecule has 0 unspecified atom stereocenters. The predicted molar refractivity (Wildman–Crippen MR) is 78.7 cm³/mol. The first-order valence-electron chi connectivity index (χ1n) is 5.71. The van der Waals surface area contributed by atoms with E-state index in [-0.39, 0.29) is 0 Å². The zero-order chi connectivity index (χ0) is 12.3. The van der Waals surface area contributed by atoms with Crippen molar-refractivity contribution in [1.29, 1.82) is 0 Å². The Kier molecular flexibility index (Phi) is 3.89. The largest absolute Gasteiger partial charge is 0.389 e. The number of rotatable bonds is 5. The van der Waals surface area contributed by atoms with E-state index >= 15 is 0 Å². The molecule has 2 rings (SSSR count). The highest BCUT2D eigenvalue weighted by atomic mass is 32.2. The van der Waals surface area contributed by atoms with E-state index in [1.165, 1.54) is 19.3 Å². The van der Waals surface area contributed by atoms with Crippen molar-refractivity contribution in [2.45, 2.75) is 24.0 Å². The van der Waals surface area contributed by atoms with Crippen LogP contribution in [-0.4, -0.2) is 27.5 Å². The monoisotopic (exact) mass is 267 g/mol. The van der Waals surface area contributed by atoms with Gasteiger partial charge in [-0.15, -0.1) is 0 Å². The molecule has 1 aliphatic carbocycles. The number of nitrogens with one attached hydrogen (secondary N) is 1. The Labute approximate surface area is 112 Å². The van der Waals surface area contributed by atoms with E-state index < -0.39 is 0 Å². The van der Waals surface area contributed by atoms with Gasteiger partial charge in [0.05, 0.1) is 5.56 Å². The molecule has 0 aromatic carbocycles. The van der Waals surface area contributed by atoms with Gasteiger partial charge in [-0.05, 0) is 31.2 Å². The minimum absolute atomic E-state index is 0.380. The van der Waals surface area contributed by atoms with Crippen molar-refractivity contribution in [1.82, 2.24) is 4.98 Å². The fourth-order valence-electron chi connectivity index (χ4n) is 2.01. The third-order valence-corrected chi connectivity index (χ3v) is 4.99. The molecule has 1 aromatic rings. The van der Waals surface area contributed by atoms with E-state index in [9.17, 15) is 0 Å². The van der Waals surface area contributed by atoms with Gasteiger partial charge in [-0.2, -0.15) is 11.8 Å². The summed E-state index contributed by atoms with van der Waals surface area (Å²) in [6.45, 7) is 0.931. The van der Waals surface area contributed by atoms with Gasteiger partial charge in [-0.25, -0.2) is 4.98 Å². The van der Waals surface area contributed by atoms with E-state index in [0.717, 1.165) is 17.9 Å². The minimum Gasteiger partial charge on any atom is -0.389 e. The second-order valence-corrected chi connectivity index (χ2v) is 6.07. The van der Waals surface area contributed by atoms with Crippen LogP contribution in [0.15, 0.2) is 18.3 Å². The molecular formula is C12H17N3S2. The number of nitrogens with two attached hydrogens (primary N) is 1. The number of hydrogen-bond acceptors (Lipinski definition) is 4. The van der Waals surface area contributed by atoms with Crippen LogP contribution in [0.4, 0.5) is 5.82 Å². The number of aromatic nitrogens is 1. The van der Waals surface area contributed by atoms with Crippen LogP contribution in [0.1, 0.15) is 24.8 Å². The van der Waals surface area contributed by atoms with Gasteiger partial charge in [0.15, 0.2) is 0 Å². The van der Waals surface area contributed by atoms with Gasteiger partial charge in [-0.3, -0.25) is 0 Å². The van der Waals surface area contributed by atoms with Gasteiger partial charge < -0.3 is 11.1 Å². The molecule has 0 radical (unpaired) electrons. The van der Waals surface area contributed by atoms with Crippen molar-refractivity contribution >= 4 is 34.8 Å². The number of pyridine rings is 1. The summed E-state index contributed by atoms with van der Waals surface area (Å²) in [4.78, 5) is 4.70. The Morgan fingerprint density at radius 1 is 1.65 bits per heavy atom. The molecular weight excluding hydrogens is 250 g/mol. The van der Waals surface area contributed by atoms with Crippen molar-refractivity contribution in [3.8, 4) is 0 Å². The normalized spacial score (nSPS) is 17.2. The van der Waals surface area contributed by atoms with Crippen LogP contribution in [0.3, 0.4) is 0 Å². The number of nitrogens with zero attached hydrogens (tertiary/aromatic N) is 1. The molecule has 0 amide bonds. The van der Waals surface area contributed by atoms with Crippen molar-refractivity contribution in [2.24, 2.45) is 5.73 Å². The summed E-state index contributed by atoms with van der Waals surface area (Å²) in [7, 11) is 0. The molecule has 1 heterocycles. The number of thiocarbonyl (C=S) groups is 1. The maximum absolute atomic E-state index is 5.68. The first kappa shape index (κ1) is 12.6. The van der Waals surface area contributed by atoms with Crippen LogP contribution in [0.5, 0.6) is 0 Å². The van der Waals surface area contributed by atoms with Crippen LogP contribution in [0, 0.1) is 0 Å². The highest BCUT2D eigenvalue weighted by Crippen LogP contribution is 2.42. The molecule has 5 heteroatoms. The molecule has 0 aliphatic heterocycles. The summed E-state index contributed by atoms with van der Waals surface area (Å²) < 4.78 is 0.380. The standard InChI is InChI=1S/C12H17N3S2/c1-17-12(5-3-6-12)8-15-11-9(10(13)16)4-2-7-14-11/h2,4,7H,3,5-6,8H2,1H3,(H2,13,16)(H,14,15). The molecule has 1 fully saturated rings. The van der Waals surface area contributed by atoms with Crippen molar-refractivity contribution in [3.63, 3.8) is 0 Å². The first-order valence-corrected chi connectivity index (χ1v) is 7.34. The fraction of sp³-hybridized carbons (Fsp3) is 0.500. The van der Waals surface area contributed by atoms with Gasteiger partial charge in [0.25, 0.3) is 0 Å². The zero-order valence-corrected chi connectivity index (χ0v) is 11.5. The Morgan fingerprint density at radius 2 is 2.41 bits per heavy atom. The van der Waals surface area contributed by atoms with Crippen LogP contribution >= 0.6 is 24.0 Å². The molecule has 1 saturated carbocycles. The summed E-state index contributed by atoms with van der Waals surface area (Å²) in [5, 5.41) is 3.39. The molecule has 0 bridgehead atoms. The lowest BCUT2D eigenvalue weighted by Gasteiger charge is -2.40. The average molecular weight is 267 g/mol. The molecule has 92 valence electrons. The lowest BCUT2D eigenvalue weighted by atomic mass is 9.84. The van der Waals surface area contributed by atoms with E-state index in [1.807, 2.05) is 23.9 Å². The molecule has 17 heavy (non-hydrogen) atoms. The van der Waals surface area contributed by atoms with E-state index in [1.54, 1.807) is 6.20 Å². The van der Waals surface area contributed by atoms with Gasteiger partial charge >= 0.3 is 0 Å². The Bertz CT molecular complexity index is 410. The van der Waals surface area contributed by atoms with Crippen molar-refractivity contribution in [2.75, 3.05) is 18.1 Å². The quantitative estimate of drug-likeness (QED) is 0.802. The fourth-order valence-corrected chi connectivity index (χ4v) is 3.09. The van der Waals surface area contributed by atoms with Crippen molar-refractivity contribution < 1.29 is 0 Å². The molecule has 0 saturated heterocycles. The molecule has 1 aromatic heterocycles. The summed E-state index contributed by atoms with van der Waals surface area (Å²) >= 11 is 6.96. The highest BCUT2D eigenvalue weighted by Gasteiger charge is 2.36. The van der Waals surface area contributed by atoms with Crippen LogP contribution < -0.4 is 11.1 Å². The maximum Gasteiger partial charge on any atom is 0.136 e. The second-order valence-electron chi connectivity index (χ2n) is 4.36. The molecule has 0 spiro atoms. The topological polar surface area (TPSA) is 50.9 Å². The summed E-state index contributed by atoms with van der Waals surface area (Å²) in [5.41, 5.74) is 6.51. The number of hydrogen-bond donors (Lipinski definition) is 2. The van der Waals surface area contributed by atoms with Crippen LogP contribution in [0.2, 0.25) is 0 Å². The first-order chi connectivity index (χ1) is 8.17. The van der Waals surface area contributed by atoms with E-state index in [2.05, 4.69) is 16.6 Å². The van der Waals surface area contributed by atoms with E-state index in [0.29, 0.717) is 9.74 Å². The summed E-state index contributed by atoms with van der Waals surface area (Å²) in [5.74, 6) is 0.806. The highest BCUT2D eigenvalue weighted by molar-refractivity contribution is 8.00. The van der Waals surface area contributed by atoms with Gasteiger partial charge in [0, 0.05) is 17.5 Å². The average Bonchev–Trinajstić information content (AvgIpc) is 2.28. The lowest BCUT2D eigenvalue weighted by molar-refractivity contribution is 0.379. The molecule has 3 nitrogen and oxygen atoms in total. The Morgan fingerprint density at radius 3 is 2.94 bits per heavy atom. The third-order valence-electron chi connectivity index (χ3n) is 3.35. The SMILES string of the molecule is CSC1(CNc2ncccc2C(N)=S)CCC1. The summed E-state index contributed by atoms with van der Waals surface area (Å²) in [6.07, 6.45) is 7.81. The van der Waals surface area contributed by atoms with Gasteiger partial charge in [0.1, 0.15) is 10.8 Å². The van der Waals surface area contributed by atoms with Crippen LogP contribution in [-0.2, 0) is 0 Å². The smallest absolute Gasteiger partial charge is 0.136 e. The summed E-state index contributed by atoms with van der Waals surface area (Å²) in [6, 6.07) is 3.76. The Balaban J connectivity index is 2.06.